The van der Waals surface area contributed by atoms with Crippen molar-refractivity contribution in [2.75, 3.05) is 17.0 Å². The Bertz CT molecular complexity index is 1050. The number of nitrogens with zero attached hydrogens (tertiary/aromatic N) is 1. The lowest BCUT2D eigenvalue weighted by Crippen LogP contribution is -2.43. The van der Waals surface area contributed by atoms with Gasteiger partial charge in [0, 0.05) is 11.8 Å². The lowest BCUT2D eigenvalue weighted by Gasteiger charge is -2.38. The molecule has 0 aromatic heterocycles. The number of phenolic OH excluding ortho intramolecular Hbond substituents is 1. The molecule has 0 fully saturated rings. The predicted octanol–water partition coefficient (Wildman–Crippen LogP) is 3.89. The summed E-state index contributed by atoms with van der Waals surface area (Å²) < 4.78 is 10.9. The third kappa shape index (κ3) is 2.54. The number of carbonyl (C=O) groups excluding carboxylic acids is 1. The number of hydrogen-bond donors (Lipinski definition) is 2. The van der Waals surface area contributed by atoms with Crippen LogP contribution in [0.3, 0.4) is 0 Å². The summed E-state index contributed by atoms with van der Waals surface area (Å²) in [6.07, 6.45) is -0.472. The molecule has 0 aliphatic carbocycles. The fourth-order valence-electron chi connectivity index (χ4n) is 3.48. The number of phenols is 1. The van der Waals surface area contributed by atoms with Crippen LogP contribution in [0.25, 0.3) is 0 Å². The Balaban J connectivity index is 1.66. The van der Waals surface area contributed by atoms with Gasteiger partial charge in [-0.15, -0.1) is 0 Å². The van der Waals surface area contributed by atoms with E-state index in [1.165, 1.54) is 0 Å². The quantitative estimate of drug-likeness (QED) is 0.725. The molecule has 0 saturated carbocycles. The fourth-order valence-corrected chi connectivity index (χ4v) is 3.48. The third-order valence-corrected chi connectivity index (χ3v) is 4.75. The first-order chi connectivity index (χ1) is 13.2. The largest absolute Gasteiger partial charge is 0.508 e. The Morgan fingerprint density at radius 3 is 2.70 bits per heavy atom. The number of benzene rings is 3. The average molecular weight is 360 g/mol. The number of nitrogens with one attached hydrogen (secondary N) is 1. The van der Waals surface area contributed by atoms with Crippen molar-refractivity contribution in [2.45, 2.75) is 6.17 Å². The summed E-state index contributed by atoms with van der Waals surface area (Å²) in [6, 6.07) is 19.7. The van der Waals surface area contributed by atoms with E-state index in [2.05, 4.69) is 5.32 Å². The Labute approximate surface area is 155 Å². The molecule has 0 saturated heterocycles. The summed E-state index contributed by atoms with van der Waals surface area (Å²) in [5.41, 5.74) is 2.80. The van der Waals surface area contributed by atoms with E-state index in [1.54, 1.807) is 41.3 Å². The maximum atomic E-state index is 13.3. The van der Waals surface area contributed by atoms with Gasteiger partial charge >= 0.3 is 0 Å². The average Bonchev–Trinajstić information content (AvgIpc) is 3.16. The third-order valence-electron chi connectivity index (χ3n) is 4.75. The molecule has 3 aromatic carbocycles. The smallest absolute Gasteiger partial charge is 0.262 e. The molecule has 3 aromatic rings. The van der Waals surface area contributed by atoms with E-state index in [1.807, 2.05) is 30.3 Å². The monoisotopic (exact) mass is 360 g/mol. The summed E-state index contributed by atoms with van der Waals surface area (Å²) >= 11 is 0. The van der Waals surface area contributed by atoms with E-state index >= 15 is 0 Å². The molecule has 1 atom stereocenters. The van der Waals surface area contributed by atoms with Crippen molar-refractivity contribution in [2.24, 2.45) is 0 Å². The highest BCUT2D eigenvalue weighted by Gasteiger charge is 2.34. The number of hydrogen-bond acceptors (Lipinski definition) is 5. The zero-order chi connectivity index (χ0) is 18.4. The molecule has 6 heteroatoms. The zero-order valence-corrected chi connectivity index (χ0v) is 14.3. The summed E-state index contributed by atoms with van der Waals surface area (Å²) in [5.74, 6) is 1.28. The Kier molecular flexibility index (Phi) is 3.43. The molecule has 0 radical (unpaired) electrons. The second-order valence-corrected chi connectivity index (χ2v) is 6.40. The number of carbonyl (C=O) groups is 1. The number of ether oxygens (including phenoxy) is 2. The number of para-hydroxylation sites is 1. The van der Waals surface area contributed by atoms with Crippen LogP contribution >= 0.6 is 0 Å². The Hall–Kier alpha value is -3.67. The van der Waals surface area contributed by atoms with Crippen molar-refractivity contribution in [3.63, 3.8) is 0 Å². The molecule has 2 heterocycles. The predicted molar refractivity (Wildman–Crippen MR) is 100 cm³/mol. The van der Waals surface area contributed by atoms with Gasteiger partial charge in [0.05, 0.1) is 11.3 Å². The van der Waals surface area contributed by atoms with E-state index in [0.717, 1.165) is 11.3 Å². The van der Waals surface area contributed by atoms with Crippen molar-refractivity contribution in [3.05, 3.63) is 77.9 Å². The molecule has 27 heavy (non-hydrogen) atoms. The van der Waals surface area contributed by atoms with Gasteiger partial charge in [-0.05, 0) is 42.0 Å². The maximum absolute atomic E-state index is 13.3. The Morgan fingerprint density at radius 1 is 0.963 bits per heavy atom. The topological polar surface area (TPSA) is 71.0 Å². The minimum Gasteiger partial charge on any atom is -0.508 e. The van der Waals surface area contributed by atoms with Crippen LogP contribution in [0.2, 0.25) is 0 Å². The van der Waals surface area contributed by atoms with Crippen molar-refractivity contribution < 1.29 is 19.4 Å². The maximum Gasteiger partial charge on any atom is 0.262 e. The number of amides is 1. The van der Waals surface area contributed by atoms with Crippen molar-refractivity contribution in [3.8, 4) is 17.2 Å². The van der Waals surface area contributed by atoms with Gasteiger partial charge in [0.15, 0.2) is 11.5 Å². The molecule has 6 nitrogen and oxygen atoms in total. The van der Waals surface area contributed by atoms with E-state index in [4.69, 9.17) is 9.47 Å². The SMILES string of the molecule is O=C1c2ccccc2NC(c2cccc(O)c2)N1c1ccc2c(c1)OCO2. The van der Waals surface area contributed by atoms with Gasteiger partial charge in [-0.25, -0.2) is 0 Å². The van der Waals surface area contributed by atoms with Crippen LogP contribution in [-0.4, -0.2) is 17.8 Å². The Morgan fingerprint density at radius 2 is 1.81 bits per heavy atom. The number of anilines is 2. The lowest BCUT2D eigenvalue weighted by molar-refractivity contribution is 0.0975. The van der Waals surface area contributed by atoms with Crippen LogP contribution < -0.4 is 19.7 Å². The minimum absolute atomic E-state index is 0.128. The highest BCUT2D eigenvalue weighted by Crippen LogP contribution is 2.41. The van der Waals surface area contributed by atoms with Gasteiger partial charge in [0.2, 0.25) is 6.79 Å². The molecule has 2 aliphatic rings. The minimum atomic E-state index is -0.472. The molecular formula is C21H16N2O4. The second-order valence-electron chi connectivity index (χ2n) is 6.40. The van der Waals surface area contributed by atoms with Crippen LogP contribution in [0.15, 0.2) is 66.7 Å². The summed E-state index contributed by atoms with van der Waals surface area (Å²) in [5, 5.41) is 13.3. The first kappa shape index (κ1) is 15.6. The van der Waals surface area contributed by atoms with Crippen molar-refractivity contribution >= 4 is 17.3 Å². The van der Waals surface area contributed by atoms with E-state index in [-0.39, 0.29) is 18.4 Å². The number of fused-ring (bicyclic) bond motifs is 2. The summed E-state index contributed by atoms with van der Waals surface area (Å²) in [4.78, 5) is 15.0. The van der Waals surface area contributed by atoms with Gasteiger partial charge in [0.1, 0.15) is 11.9 Å². The van der Waals surface area contributed by atoms with Gasteiger partial charge in [-0.2, -0.15) is 0 Å². The van der Waals surface area contributed by atoms with Crippen LogP contribution in [0.5, 0.6) is 17.2 Å². The molecule has 2 N–H and O–H groups in total. The van der Waals surface area contributed by atoms with Gasteiger partial charge in [-0.1, -0.05) is 24.3 Å². The first-order valence-corrected chi connectivity index (χ1v) is 8.58. The molecule has 1 unspecified atom stereocenters. The standard InChI is InChI=1S/C21H16N2O4/c24-15-5-3-4-13(10-15)20-22-17-7-2-1-6-16(17)21(25)23(20)14-8-9-18-19(11-14)27-12-26-18/h1-11,20,22,24H,12H2. The number of aromatic hydroxyl groups is 1. The van der Waals surface area contributed by atoms with Crippen molar-refractivity contribution in [1.82, 2.24) is 0 Å². The molecule has 0 bridgehead atoms. The first-order valence-electron chi connectivity index (χ1n) is 8.58. The zero-order valence-electron chi connectivity index (χ0n) is 14.3. The highest BCUT2D eigenvalue weighted by molar-refractivity contribution is 6.12. The van der Waals surface area contributed by atoms with Gasteiger partial charge in [-0.3, -0.25) is 9.69 Å². The van der Waals surface area contributed by atoms with E-state index in [0.29, 0.717) is 22.7 Å². The van der Waals surface area contributed by atoms with Gasteiger partial charge in [0.25, 0.3) is 5.91 Å². The molecule has 134 valence electrons. The highest BCUT2D eigenvalue weighted by atomic mass is 16.7. The molecular weight excluding hydrogens is 344 g/mol. The van der Waals surface area contributed by atoms with Crippen molar-refractivity contribution in [1.29, 1.82) is 0 Å². The summed E-state index contributed by atoms with van der Waals surface area (Å²) in [6.45, 7) is 0.170. The molecule has 2 aliphatic heterocycles. The van der Waals surface area contributed by atoms with Crippen LogP contribution in [0.4, 0.5) is 11.4 Å². The number of rotatable bonds is 2. The molecule has 1 amide bonds. The van der Waals surface area contributed by atoms with Gasteiger partial charge < -0.3 is 19.9 Å². The van der Waals surface area contributed by atoms with E-state index in [9.17, 15) is 9.90 Å². The lowest BCUT2D eigenvalue weighted by atomic mass is 10.0. The normalized spacial score (nSPS) is 17.4. The second kappa shape index (κ2) is 5.95. The van der Waals surface area contributed by atoms with Crippen LogP contribution in [0, 0.1) is 0 Å². The summed E-state index contributed by atoms with van der Waals surface area (Å²) in [7, 11) is 0. The van der Waals surface area contributed by atoms with Crippen LogP contribution in [0.1, 0.15) is 22.1 Å². The molecule has 0 spiro atoms. The van der Waals surface area contributed by atoms with Crippen LogP contribution in [-0.2, 0) is 0 Å². The molecule has 5 rings (SSSR count). The van der Waals surface area contributed by atoms with E-state index < -0.39 is 6.17 Å². The fraction of sp³-hybridized carbons (Fsp3) is 0.0952.